The van der Waals surface area contributed by atoms with Crippen molar-refractivity contribution in [1.82, 2.24) is 25.1 Å². The monoisotopic (exact) mass is 351 g/mol. The molecule has 0 bridgehead atoms. The lowest BCUT2D eigenvalue weighted by molar-refractivity contribution is -0.110. The first-order valence-corrected chi connectivity index (χ1v) is 9.01. The van der Waals surface area contributed by atoms with Crippen molar-refractivity contribution < 1.29 is 13.3 Å². The highest BCUT2D eigenvalue weighted by Gasteiger charge is 2.45. The van der Waals surface area contributed by atoms with Crippen LogP contribution in [0, 0.1) is 11.8 Å². The van der Waals surface area contributed by atoms with Crippen LogP contribution < -0.4 is 0 Å². The highest BCUT2D eigenvalue weighted by atomic mass is 19.3. The summed E-state index contributed by atoms with van der Waals surface area (Å²) in [5, 5.41) is 12.6. The average Bonchev–Trinajstić information content (AvgIpc) is 3.12. The van der Waals surface area contributed by atoms with E-state index in [1.807, 2.05) is 4.68 Å². The normalized spacial score (nSPS) is 22.8. The minimum Gasteiger partial charge on any atom is -0.339 e. The van der Waals surface area contributed by atoms with Gasteiger partial charge >= 0.3 is 0 Å². The third-order valence-electron chi connectivity index (χ3n) is 5.10. The molecule has 2 heterocycles. The van der Waals surface area contributed by atoms with Crippen LogP contribution in [0.25, 0.3) is 0 Å². The smallest absolute Gasteiger partial charge is 0.248 e. The van der Waals surface area contributed by atoms with Crippen molar-refractivity contribution >= 4 is 0 Å². The van der Waals surface area contributed by atoms with Crippen molar-refractivity contribution in [2.45, 2.75) is 70.8 Å². The van der Waals surface area contributed by atoms with Gasteiger partial charge in [0, 0.05) is 38.1 Å². The first-order chi connectivity index (χ1) is 11.9. The molecule has 0 amide bonds. The lowest BCUT2D eigenvalue weighted by Gasteiger charge is -2.34. The van der Waals surface area contributed by atoms with Crippen LogP contribution in [0.15, 0.2) is 4.52 Å². The van der Waals surface area contributed by atoms with Gasteiger partial charge in [-0.15, -0.1) is 5.10 Å². The topological polar surface area (TPSA) is 69.6 Å². The maximum Gasteiger partial charge on any atom is 0.248 e. The molecule has 1 fully saturated rings. The summed E-state index contributed by atoms with van der Waals surface area (Å²) in [6.45, 7) is 5.16. The Balaban J connectivity index is 1.43. The van der Waals surface area contributed by atoms with Gasteiger partial charge in [0.2, 0.25) is 11.8 Å². The second-order valence-corrected chi connectivity index (χ2v) is 7.88. The van der Waals surface area contributed by atoms with Crippen molar-refractivity contribution in [2.75, 3.05) is 0 Å². The SMILES string of the molecule is CC(C)Cn1nnc2c1CC(c1nc(CC3CC(F)(F)C3)no1)CC2. The molecule has 136 valence electrons. The Kier molecular flexibility index (Phi) is 4.08. The van der Waals surface area contributed by atoms with E-state index >= 15 is 0 Å². The molecule has 0 N–H and O–H groups in total. The third-order valence-corrected chi connectivity index (χ3v) is 5.10. The van der Waals surface area contributed by atoms with Crippen LogP contribution in [0.5, 0.6) is 0 Å². The summed E-state index contributed by atoms with van der Waals surface area (Å²) in [6.07, 6.45) is 2.89. The standard InChI is InChI=1S/C17H23F2N5O/c1-10(2)9-24-14-6-12(3-4-13(14)21-23-24)16-20-15(22-25-16)5-11-7-17(18,19)8-11/h10-12H,3-9H2,1-2H3. The minimum absolute atomic E-state index is 0.0323. The van der Waals surface area contributed by atoms with E-state index in [2.05, 4.69) is 34.3 Å². The molecule has 1 unspecified atom stereocenters. The van der Waals surface area contributed by atoms with Crippen LogP contribution in [0.4, 0.5) is 8.78 Å². The van der Waals surface area contributed by atoms with E-state index in [-0.39, 0.29) is 24.7 Å². The summed E-state index contributed by atoms with van der Waals surface area (Å²) >= 11 is 0. The number of hydrogen-bond donors (Lipinski definition) is 0. The largest absolute Gasteiger partial charge is 0.339 e. The molecule has 0 aromatic carbocycles. The summed E-state index contributed by atoms with van der Waals surface area (Å²) in [5.74, 6) is -0.712. The molecule has 0 spiro atoms. The molecule has 2 aliphatic carbocycles. The van der Waals surface area contributed by atoms with Crippen LogP contribution in [-0.2, 0) is 25.8 Å². The van der Waals surface area contributed by atoms with Crippen molar-refractivity contribution in [3.05, 3.63) is 23.1 Å². The molecule has 25 heavy (non-hydrogen) atoms. The van der Waals surface area contributed by atoms with E-state index in [0.717, 1.165) is 37.2 Å². The Bertz CT molecular complexity index is 746. The van der Waals surface area contributed by atoms with Crippen molar-refractivity contribution in [3.8, 4) is 0 Å². The van der Waals surface area contributed by atoms with Crippen LogP contribution in [0.1, 0.15) is 62.1 Å². The highest BCUT2D eigenvalue weighted by molar-refractivity contribution is 5.18. The van der Waals surface area contributed by atoms with Gasteiger partial charge in [0.05, 0.1) is 11.4 Å². The quantitative estimate of drug-likeness (QED) is 0.827. The number of hydrogen-bond acceptors (Lipinski definition) is 5. The van der Waals surface area contributed by atoms with Gasteiger partial charge in [-0.3, -0.25) is 0 Å². The number of fused-ring (bicyclic) bond motifs is 1. The molecule has 0 radical (unpaired) electrons. The molecule has 0 aliphatic heterocycles. The summed E-state index contributed by atoms with van der Waals surface area (Å²) < 4.78 is 33.3. The van der Waals surface area contributed by atoms with E-state index in [1.165, 1.54) is 0 Å². The maximum atomic E-state index is 12.9. The molecule has 0 saturated heterocycles. The summed E-state index contributed by atoms with van der Waals surface area (Å²) in [4.78, 5) is 4.48. The van der Waals surface area contributed by atoms with Gasteiger partial charge in [-0.1, -0.05) is 24.2 Å². The van der Waals surface area contributed by atoms with Crippen LogP contribution in [0.2, 0.25) is 0 Å². The number of aromatic nitrogens is 5. The van der Waals surface area contributed by atoms with E-state index in [9.17, 15) is 8.78 Å². The second-order valence-electron chi connectivity index (χ2n) is 7.88. The zero-order valence-electron chi connectivity index (χ0n) is 14.6. The highest BCUT2D eigenvalue weighted by Crippen LogP contribution is 2.43. The summed E-state index contributed by atoms with van der Waals surface area (Å²) in [6, 6.07) is 0. The first kappa shape index (κ1) is 16.6. The predicted octanol–water partition coefficient (Wildman–Crippen LogP) is 3.18. The minimum atomic E-state index is -2.50. The molecule has 1 saturated carbocycles. The van der Waals surface area contributed by atoms with E-state index in [1.54, 1.807) is 0 Å². The van der Waals surface area contributed by atoms with Gasteiger partial charge in [-0.2, -0.15) is 4.98 Å². The maximum absolute atomic E-state index is 12.9. The van der Waals surface area contributed by atoms with E-state index < -0.39 is 5.92 Å². The molecular formula is C17H23F2N5O. The number of aryl methyl sites for hydroxylation is 1. The van der Waals surface area contributed by atoms with Crippen LogP contribution >= 0.6 is 0 Å². The Morgan fingerprint density at radius 3 is 2.84 bits per heavy atom. The van der Waals surface area contributed by atoms with Crippen molar-refractivity contribution in [1.29, 1.82) is 0 Å². The lowest BCUT2D eigenvalue weighted by Crippen LogP contribution is -2.36. The number of rotatable bonds is 5. The second kappa shape index (κ2) is 6.14. The molecular weight excluding hydrogens is 328 g/mol. The van der Waals surface area contributed by atoms with Gasteiger partial charge < -0.3 is 4.52 Å². The number of halogens is 2. The molecule has 8 heteroatoms. The Labute approximate surface area is 145 Å². The van der Waals surface area contributed by atoms with E-state index in [0.29, 0.717) is 24.1 Å². The first-order valence-electron chi connectivity index (χ1n) is 9.01. The number of nitrogens with zero attached hydrogens (tertiary/aromatic N) is 5. The summed E-state index contributed by atoms with van der Waals surface area (Å²) in [5.41, 5.74) is 2.22. The number of alkyl halides is 2. The zero-order chi connectivity index (χ0) is 17.6. The fourth-order valence-corrected chi connectivity index (χ4v) is 3.84. The molecule has 2 aromatic heterocycles. The average molecular weight is 351 g/mol. The fourth-order valence-electron chi connectivity index (χ4n) is 3.84. The Hall–Kier alpha value is -1.86. The fraction of sp³-hybridized carbons (Fsp3) is 0.765. The van der Waals surface area contributed by atoms with Gasteiger partial charge in [-0.05, 0) is 24.7 Å². The molecule has 1 atom stereocenters. The summed E-state index contributed by atoms with van der Waals surface area (Å²) in [7, 11) is 0. The lowest BCUT2D eigenvalue weighted by atomic mass is 9.79. The van der Waals surface area contributed by atoms with Crippen molar-refractivity contribution in [3.63, 3.8) is 0 Å². The van der Waals surface area contributed by atoms with Gasteiger partial charge in [0.15, 0.2) is 5.82 Å². The van der Waals surface area contributed by atoms with Gasteiger partial charge in [0.1, 0.15) is 0 Å². The predicted molar refractivity (Wildman–Crippen MR) is 85.3 cm³/mol. The van der Waals surface area contributed by atoms with Crippen molar-refractivity contribution in [2.24, 2.45) is 11.8 Å². The van der Waals surface area contributed by atoms with Gasteiger partial charge in [0.25, 0.3) is 0 Å². The van der Waals surface area contributed by atoms with Crippen LogP contribution in [0.3, 0.4) is 0 Å². The Morgan fingerprint density at radius 1 is 1.32 bits per heavy atom. The van der Waals surface area contributed by atoms with E-state index in [4.69, 9.17) is 4.52 Å². The Morgan fingerprint density at radius 2 is 2.12 bits per heavy atom. The third kappa shape index (κ3) is 3.43. The zero-order valence-corrected chi connectivity index (χ0v) is 14.6. The molecule has 6 nitrogen and oxygen atoms in total. The molecule has 4 rings (SSSR count). The molecule has 2 aliphatic rings. The molecule has 2 aromatic rings. The van der Waals surface area contributed by atoms with Gasteiger partial charge in [-0.25, -0.2) is 13.5 Å². The van der Waals surface area contributed by atoms with Crippen LogP contribution in [-0.4, -0.2) is 31.1 Å².